The maximum absolute atomic E-state index is 13.2. The molecule has 1 saturated carbocycles. The first-order valence-corrected chi connectivity index (χ1v) is 10.1. The highest BCUT2D eigenvalue weighted by Gasteiger charge is 2.48. The van der Waals surface area contributed by atoms with Gasteiger partial charge in [-0.15, -0.1) is 11.3 Å². The van der Waals surface area contributed by atoms with Crippen LogP contribution in [-0.2, 0) is 4.79 Å². The highest BCUT2D eigenvalue weighted by atomic mass is 32.1. The molecule has 2 aliphatic rings. The van der Waals surface area contributed by atoms with Crippen molar-refractivity contribution in [1.82, 2.24) is 9.88 Å². The largest absolute Gasteiger partial charge is 0.496 e. The highest BCUT2D eigenvalue weighted by Crippen LogP contribution is 2.41. The molecular weight excluding hydrogens is 364 g/mol. The first-order chi connectivity index (χ1) is 13.1. The third kappa shape index (κ3) is 3.20. The van der Waals surface area contributed by atoms with E-state index in [-0.39, 0.29) is 17.9 Å². The molecule has 1 aromatic carbocycles. The van der Waals surface area contributed by atoms with E-state index >= 15 is 0 Å². The van der Waals surface area contributed by atoms with Crippen molar-refractivity contribution < 1.29 is 19.4 Å². The first kappa shape index (κ1) is 18.0. The molecule has 1 aliphatic carbocycles. The molecule has 1 N–H and O–H groups in total. The fourth-order valence-corrected chi connectivity index (χ4v) is 5.25. The summed E-state index contributed by atoms with van der Waals surface area (Å²) in [5.41, 5.74) is 1.15. The van der Waals surface area contributed by atoms with Gasteiger partial charge in [0.15, 0.2) is 0 Å². The van der Waals surface area contributed by atoms with E-state index < -0.39 is 12.0 Å². The van der Waals surface area contributed by atoms with Crippen molar-refractivity contribution in [3.8, 4) is 16.3 Å². The Hall–Kier alpha value is -2.41. The second kappa shape index (κ2) is 7.31. The molecule has 1 aromatic heterocycles. The molecule has 2 heterocycles. The third-order valence-corrected chi connectivity index (χ3v) is 6.54. The van der Waals surface area contributed by atoms with Gasteiger partial charge in [0, 0.05) is 11.4 Å². The molecule has 2 fully saturated rings. The zero-order valence-electron chi connectivity index (χ0n) is 15.1. The predicted molar refractivity (Wildman–Crippen MR) is 102 cm³/mol. The van der Waals surface area contributed by atoms with Gasteiger partial charge in [0.1, 0.15) is 22.5 Å². The molecule has 3 atom stereocenters. The Balaban J connectivity index is 1.64. The summed E-state index contributed by atoms with van der Waals surface area (Å²) in [5.74, 6) is -0.203. The Kier molecular flexibility index (Phi) is 4.86. The first-order valence-electron chi connectivity index (χ1n) is 9.24. The van der Waals surface area contributed by atoms with Crippen LogP contribution in [-0.4, -0.2) is 46.1 Å². The van der Waals surface area contributed by atoms with Crippen LogP contribution in [0.25, 0.3) is 10.6 Å². The van der Waals surface area contributed by atoms with E-state index in [1.165, 1.54) is 11.3 Å². The van der Waals surface area contributed by atoms with Crippen LogP contribution in [0, 0.1) is 5.92 Å². The third-order valence-electron chi connectivity index (χ3n) is 5.67. The average Bonchev–Trinajstić information content (AvgIpc) is 3.32. The summed E-state index contributed by atoms with van der Waals surface area (Å²) in [5, 5.41) is 12.1. The van der Waals surface area contributed by atoms with Crippen LogP contribution in [0.4, 0.5) is 0 Å². The number of ether oxygens (including phenoxy) is 1. The fraction of sp³-hybridized carbons (Fsp3) is 0.450. The van der Waals surface area contributed by atoms with Gasteiger partial charge in [-0.05, 0) is 37.3 Å². The monoisotopic (exact) mass is 386 g/mol. The van der Waals surface area contributed by atoms with Crippen LogP contribution >= 0.6 is 11.3 Å². The number of methoxy groups -OCH3 is 1. The predicted octanol–water partition coefficient (Wildman–Crippen LogP) is 3.68. The van der Waals surface area contributed by atoms with Crippen molar-refractivity contribution >= 4 is 23.2 Å². The van der Waals surface area contributed by atoms with E-state index in [0.717, 1.165) is 31.2 Å². The molecule has 0 bridgehead atoms. The number of aliphatic carboxylic acids is 1. The number of hydrogen-bond acceptors (Lipinski definition) is 5. The number of fused-ring (bicyclic) bond motifs is 1. The van der Waals surface area contributed by atoms with Crippen LogP contribution in [0.5, 0.6) is 5.75 Å². The van der Waals surface area contributed by atoms with Crippen LogP contribution in [0.2, 0.25) is 0 Å². The number of para-hydroxylation sites is 1. The Morgan fingerprint density at radius 3 is 2.81 bits per heavy atom. The fourth-order valence-electron chi connectivity index (χ4n) is 4.42. The molecule has 1 amide bonds. The minimum atomic E-state index is -0.919. The van der Waals surface area contributed by atoms with Crippen molar-refractivity contribution in [2.45, 2.75) is 44.2 Å². The summed E-state index contributed by atoms with van der Waals surface area (Å²) in [6.07, 6.45) is 4.59. The lowest BCUT2D eigenvalue weighted by atomic mass is 9.84. The summed E-state index contributed by atoms with van der Waals surface area (Å²) >= 11 is 1.37. The van der Waals surface area contributed by atoms with Gasteiger partial charge in [-0.3, -0.25) is 4.79 Å². The number of carboxylic acid groups (broad SMARTS) is 1. The van der Waals surface area contributed by atoms with Crippen LogP contribution in [0.1, 0.15) is 42.6 Å². The molecule has 0 spiro atoms. The molecule has 7 heteroatoms. The molecule has 142 valence electrons. The number of nitrogens with zero attached hydrogens (tertiary/aromatic N) is 2. The van der Waals surface area contributed by atoms with Crippen molar-refractivity contribution in [2.24, 2.45) is 5.92 Å². The number of carbonyl (C=O) groups is 2. The van der Waals surface area contributed by atoms with Gasteiger partial charge in [-0.2, -0.15) is 0 Å². The highest BCUT2D eigenvalue weighted by molar-refractivity contribution is 7.13. The Morgan fingerprint density at radius 2 is 2.04 bits per heavy atom. The van der Waals surface area contributed by atoms with Gasteiger partial charge in [0.05, 0.1) is 12.7 Å². The SMILES string of the molecule is COc1ccccc1-c1nc(C(=O)N2[C@H](C(=O)O)C[C@H]3CCCC[C@@H]32)cs1. The number of thiazole rings is 1. The molecule has 27 heavy (non-hydrogen) atoms. The summed E-state index contributed by atoms with van der Waals surface area (Å²) in [6, 6.07) is 6.80. The van der Waals surface area contributed by atoms with Gasteiger partial charge in [-0.1, -0.05) is 25.0 Å². The van der Waals surface area contributed by atoms with Crippen molar-refractivity contribution in [3.05, 3.63) is 35.3 Å². The van der Waals surface area contributed by atoms with Gasteiger partial charge < -0.3 is 14.7 Å². The number of aromatic nitrogens is 1. The number of carboxylic acids is 1. The molecule has 0 radical (unpaired) electrons. The number of benzene rings is 1. The van der Waals surface area contributed by atoms with Gasteiger partial charge >= 0.3 is 5.97 Å². The smallest absolute Gasteiger partial charge is 0.326 e. The van der Waals surface area contributed by atoms with E-state index in [9.17, 15) is 14.7 Å². The maximum atomic E-state index is 13.2. The zero-order chi connectivity index (χ0) is 19.0. The Morgan fingerprint density at radius 1 is 1.26 bits per heavy atom. The lowest BCUT2D eigenvalue weighted by Crippen LogP contribution is -2.46. The van der Waals surface area contributed by atoms with E-state index in [1.807, 2.05) is 24.3 Å². The minimum absolute atomic E-state index is 0.0174. The quantitative estimate of drug-likeness (QED) is 0.867. The van der Waals surface area contributed by atoms with Gasteiger partial charge in [-0.25, -0.2) is 9.78 Å². The van der Waals surface area contributed by atoms with Gasteiger partial charge in [0.25, 0.3) is 5.91 Å². The second-order valence-electron chi connectivity index (χ2n) is 7.15. The summed E-state index contributed by atoms with van der Waals surface area (Å²) in [7, 11) is 1.60. The van der Waals surface area contributed by atoms with E-state index in [0.29, 0.717) is 22.9 Å². The number of likely N-dealkylation sites (tertiary alicyclic amines) is 1. The van der Waals surface area contributed by atoms with Crippen molar-refractivity contribution in [1.29, 1.82) is 0 Å². The van der Waals surface area contributed by atoms with Crippen LogP contribution < -0.4 is 4.74 Å². The molecule has 1 saturated heterocycles. The molecule has 1 aliphatic heterocycles. The molecule has 0 unspecified atom stereocenters. The maximum Gasteiger partial charge on any atom is 0.326 e. The number of amides is 1. The van der Waals surface area contributed by atoms with Crippen molar-refractivity contribution in [2.75, 3.05) is 7.11 Å². The summed E-state index contributed by atoms with van der Waals surface area (Å²) < 4.78 is 5.38. The lowest BCUT2D eigenvalue weighted by molar-refractivity contribution is -0.141. The van der Waals surface area contributed by atoms with Crippen LogP contribution in [0.3, 0.4) is 0 Å². The molecular formula is C20H22N2O4S. The number of carbonyl (C=O) groups excluding carboxylic acids is 1. The zero-order valence-corrected chi connectivity index (χ0v) is 15.9. The molecule has 4 rings (SSSR count). The standard InChI is InChI=1S/C20H22N2O4S/c1-26-17-9-5-3-7-13(17)18-21-14(11-27-18)19(23)22-15-8-4-2-6-12(15)10-16(22)20(24)25/h3,5,7,9,11-12,15-16H,2,4,6,8,10H2,1H3,(H,24,25)/t12-,15+,16+/m1/s1. The van der Waals surface area contributed by atoms with Gasteiger partial charge in [0.2, 0.25) is 0 Å². The van der Waals surface area contributed by atoms with E-state index in [4.69, 9.17) is 4.74 Å². The topological polar surface area (TPSA) is 79.7 Å². The molecule has 6 nitrogen and oxygen atoms in total. The lowest BCUT2D eigenvalue weighted by Gasteiger charge is -2.32. The van der Waals surface area contributed by atoms with E-state index in [1.54, 1.807) is 17.4 Å². The van der Waals surface area contributed by atoms with Crippen LogP contribution in [0.15, 0.2) is 29.6 Å². The normalized spacial score (nSPS) is 24.5. The molecule has 2 aromatic rings. The minimum Gasteiger partial charge on any atom is -0.496 e. The average molecular weight is 386 g/mol. The second-order valence-corrected chi connectivity index (χ2v) is 8.01. The summed E-state index contributed by atoms with van der Waals surface area (Å²) in [6.45, 7) is 0. The number of rotatable bonds is 4. The van der Waals surface area contributed by atoms with Crippen molar-refractivity contribution in [3.63, 3.8) is 0 Å². The Labute approximate surface area is 161 Å². The van der Waals surface area contributed by atoms with E-state index in [2.05, 4.69) is 4.98 Å². The number of hydrogen-bond donors (Lipinski definition) is 1. The Bertz CT molecular complexity index is 865. The summed E-state index contributed by atoms with van der Waals surface area (Å²) in [4.78, 5) is 31.1.